The Balaban J connectivity index is 2.21. The van der Waals surface area contributed by atoms with Crippen LogP contribution in [-0.4, -0.2) is 16.5 Å². The Bertz CT molecular complexity index is 530. The van der Waals surface area contributed by atoms with Crippen LogP contribution in [0.25, 0.3) is 0 Å². The van der Waals surface area contributed by atoms with Gasteiger partial charge >= 0.3 is 0 Å². The van der Waals surface area contributed by atoms with Crippen molar-refractivity contribution in [3.63, 3.8) is 0 Å². The van der Waals surface area contributed by atoms with Crippen LogP contribution in [0.5, 0.6) is 0 Å². The van der Waals surface area contributed by atoms with Gasteiger partial charge in [0, 0.05) is 12.4 Å². The van der Waals surface area contributed by atoms with Crippen molar-refractivity contribution < 1.29 is 4.39 Å². The maximum atomic E-state index is 12.9. The summed E-state index contributed by atoms with van der Waals surface area (Å²) < 4.78 is 12.9. The molecule has 0 aliphatic carbocycles. The van der Waals surface area contributed by atoms with Crippen molar-refractivity contribution in [3.8, 4) is 0 Å². The molecule has 0 spiro atoms. The molecule has 5 heteroatoms. The van der Waals surface area contributed by atoms with Gasteiger partial charge in [-0.3, -0.25) is 9.97 Å². The fourth-order valence-electron chi connectivity index (χ4n) is 1.91. The lowest BCUT2D eigenvalue weighted by atomic mass is 10.0. The van der Waals surface area contributed by atoms with Crippen molar-refractivity contribution >= 4 is 11.6 Å². The highest BCUT2D eigenvalue weighted by molar-refractivity contribution is 6.31. The van der Waals surface area contributed by atoms with Crippen molar-refractivity contribution in [3.05, 3.63) is 58.9 Å². The van der Waals surface area contributed by atoms with Crippen LogP contribution in [0.3, 0.4) is 0 Å². The summed E-state index contributed by atoms with van der Waals surface area (Å²) in [5.74, 6) is -0.332. The van der Waals surface area contributed by atoms with Crippen LogP contribution in [0.1, 0.15) is 24.2 Å². The highest BCUT2D eigenvalue weighted by atomic mass is 35.5. The van der Waals surface area contributed by atoms with Gasteiger partial charge in [0.15, 0.2) is 0 Å². The second-order valence-electron chi connectivity index (χ2n) is 4.18. The number of halogens is 2. The van der Waals surface area contributed by atoms with E-state index in [9.17, 15) is 4.39 Å². The highest BCUT2D eigenvalue weighted by Crippen LogP contribution is 2.21. The van der Waals surface area contributed by atoms with Crippen molar-refractivity contribution in [2.24, 2.45) is 0 Å². The first-order valence-electron chi connectivity index (χ1n) is 6.14. The molecule has 0 saturated carbocycles. The minimum absolute atomic E-state index is 0.00509. The molecule has 0 saturated heterocycles. The third-order valence-corrected chi connectivity index (χ3v) is 3.18. The van der Waals surface area contributed by atoms with Crippen LogP contribution in [-0.2, 0) is 6.42 Å². The van der Waals surface area contributed by atoms with Gasteiger partial charge in [-0.1, -0.05) is 18.5 Å². The summed E-state index contributed by atoms with van der Waals surface area (Å²) in [4.78, 5) is 8.09. The molecule has 0 bridgehead atoms. The van der Waals surface area contributed by atoms with Gasteiger partial charge in [-0.25, -0.2) is 4.39 Å². The van der Waals surface area contributed by atoms with Crippen LogP contribution in [0.4, 0.5) is 4.39 Å². The number of rotatable bonds is 5. The van der Waals surface area contributed by atoms with E-state index in [0.717, 1.165) is 17.8 Å². The molecule has 0 aliphatic rings. The number of pyridine rings is 2. The fraction of sp³-hybridized carbons (Fsp3) is 0.286. The lowest BCUT2D eigenvalue weighted by molar-refractivity contribution is 0.531. The fourth-order valence-corrected chi connectivity index (χ4v) is 2.11. The molecule has 1 atom stereocenters. The summed E-state index contributed by atoms with van der Waals surface area (Å²) >= 11 is 6.11. The molecular weight excluding hydrogens is 265 g/mol. The highest BCUT2D eigenvalue weighted by Gasteiger charge is 2.14. The van der Waals surface area contributed by atoms with E-state index in [-0.39, 0.29) is 11.9 Å². The smallest absolute Gasteiger partial charge is 0.141 e. The van der Waals surface area contributed by atoms with Gasteiger partial charge in [-0.05, 0) is 36.7 Å². The number of aromatic nitrogens is 2. The quantitative estimate of drug-likeness (QED) is 0.914. The van der Waals surface area contributed by atoms with Crippen LogP contribution in [0.2, 0.25) is 5.02 Å². The van der Waals surface area contributed by atoms with Gasteiger partial charge in [0.05, 0.1) is 23.0 Å². The molecule has 3 nitrogen and oxygen atoms in total. The normalized spacial score (nSPS) is 12.4. The van der Waals surface area contributed by atoms with E-state index in [1.165, 1.54) is 12.3 Å². The molecule has 2 heterocycles. The van der Waals surface area contributed by atoms with E-state index in [0.29, 0.717) is 11.4 Å². The van der Waals surface area contributed by atoms with Crippen LogP contribution in [0.15, 0.2) is 36.8 Å². The standard InChI is InChI=1S/C14H15ClFN3/c1-2-18-14(13-4-3-11(16)8-19-13)7-10-5-6-17-9-12(10)15/h3-6,8-9,14,18H,2,7H2,1H3. The Kier molecular flexibility index (Phi) is 4.82. The van der Waals surface area contributed by atoms with Crippen molar-refractivity contribution in [1.29, 1.82) is 0 Å². The zero-order valence-electron chi connectivity index (χ0n) is 10.6. The Hall–Kier alpha value is -1.52. The molecule has 2 aromatic rings. The minimum Gasteiger partial charge on any atom is -0.309 e. The first-order chi connectivity index (χ1) is 9.20. The van der Waals surface area contributed by atoms with Gasteiger partial charge in [0.1, 0.15) is 5.82 Å². The molecule has 0 fully saturated rings. The average Bonchev–Trinajstić information content (AvgIpc) is 2.42. The Morgan fingerprint density at radius 3 is 2.79 bits per heavy atom. The Labute approximate surface area is 116 Å². The van der Waals surface area contributed by atoms with Gasteiger partial charge in [0.2, 0.25) is 0 Å². The molecule has 100 valence electrons. The molecule has 0 amide bonds. The van der Waals surface area contributed by atoms with Crippen molar-refractivity contribution in [2.75, 3.05) is 6.54 Å². The second-order valence-corrected chi connectivity index (χ2v) is 4.59. The number of nitrogens with one attached hydrogen (secondary N) is 1. The maximum Gasteiger partial charge on any atom is 0.141 e. The molecular formula is C14H15ClFN3. The largest absolute Gasteiger partial charge is 0.309 e. The maximum absolute atomic E-state index is 12.9. The Morgan fingerprint density at radius 1 is 1.32 bits per heavy atom. The Morgan fingerprint density at radius 2 is 2.16 bits per heavy atom. The third kappa shape index (κ3) is 3.72. The summed E-state index contributed by atoms with van der Waals surface area (Å²) in [5.41, 5.74) is 1.80. The summed E-state index contributed by atoms with van der Waals surface area (Å²) in [6, 6.07) is 5.00. The van der Waals surface area contributed by atoms with Gasteiger partial charge in [-0.2, -0.15) is 0 Å². The first-order valence-corrected chi connectivity index (χ1v) is 6.51. The molecule has 1 N–H and O–H groups in total. The summed E-state index contributed by atoms with van der Waals surface area (Å²) in [5, 5.41) is 3.96. The SMILES string of the molecule is CCNC(Cc1ccncc1Cl)c1ccc(F)cn1. The van der Waals surface area contributed by atoms with Crippen molar-refractivity contribution in [1.82, 2.24) is 15.3 Å². The van der Waals surface area contributed by atoms with E-state index in [1.807, 2.05) is 13.0 Å². The molecule has 2 rings (SSSR count). The van der Waals surface area contributed by atoms with Gasteiger partial charge < -0.3 is 5.32 Å². The topological polar surface area (TPSA) is 37.8 Å². The average molecular weight is 280 g/mol. The second kappa shape index (κ2) is 6.59. The molecule has 2 aromatic heterocycles. The van der Waals surface area contributed by atoms with E-state index >= 15 is 0 Å². The van der Waals surface area contributed by atoms with Gasteiger partial charge in [-0.15, -0.1) is 0 Å². The minimum atomic E-state index is -0.332. The molecule has 0 aliphatic heterocycles. The van der Waals surface area contributed by atoms with Crippen molar-refractivity contribution in [2.45, 2.75) is 19.4 Å². The molecule has 0 radical (unpaired) electrons. The first kappa shape index (κ1) is 13.9. The summed E-state index contributed by atoms with van der Waals surface area (Å²) in [6.07, 6.45) is 5.25. The van der Waals surface area contributed by atoms with E-state index in [2.05, 4.69) is 15.3 Å². The predicted molar refractivity (Wildman–Crippen MR) is 73.6 cm³/mol. The zero-order valence-corrected chi connectivity index (χ0v) is 11.4. The van der Waals surface area contributed by atoms with Crippen LogP contribution >= 0.6 is 11.6 Å². The molecule has 19 heavy (non-hydrogen) atoms. The van der Waals surface area contributed by atoms with Gasteiger partial charge in [0.25, 0.3) is 0 Å². The monoisotopic (exact) mass is 279 g/mol. The van der Waals surface area contributed by atoms with E-state index in [1.54, 1.807) is 18.5 Å². The lowest BCUT2D eigenvalue weighted by Gasteiger charge is -2.18. The zero-order chi connectivity index (χ0) is 13.7. The third-order valence-electron chi connectivity index (χ3n) is 2.84. The van der Waals surface area contributed by atoms with Crippen LogP contribution in [0, 0.1) is 5.82 Å². The van der Waals surface area contributed by atoms with E-state index < -0.39 is 0 Å². The van der Waals surface area contributed by atoms with E-state index in [4.69, 9.17) is 11.6 Å². The summed E-state index contributed by atoms with van der Waals surface area (Å²) in [7, 11) is 0. The summed E-state index contributed by atoms with van der Waals surface area (Å²) in [6.45, 7) is 2.82. The number of likely N-dealkylation sites (N-methyl/N-ethyl adjacent to an activating group) is 1. The lowest BCUT2D eigenvalue weighted by Crippen LogP contribution is -2.24. The number of hydrogen-bond donors (Lipinski definition) is 1. The molecule has 0 aromatic carbocycles. The number of nitrogens with zero attached hydrogens (tertiary/aromatic N) is 2. The molecule has 1 unspecified atom stereocenters. The number of hydrogen-bond acceptors (Lipinski definition) is 3. The predicted octanol–water partition coefficient (Wildman–Crippen LogP) is 3.16. The van der Waals surface area contributed by atoms with Crippen LogP contribution < -0.4 is 5.32 Å².